The Morgan fingerprint density at radius 2 is 2.35 bits per heavy atom. The van der Waals surface area contributed by atoms with Crippen LogP contribution in [0.5, 0.6) is 0 Å². The molecular weight excluding hydrogens is 260 g/mol. The van der Waals surface area contributed by atoms with Crippen molar-refractivity contribution < 1.29 is 4.92 Å². The number of nitro benzene ring substituents is 1. The van der Waals surface area contributed by atoms with Gasteiger partial charge in [0.1, 0.15) is 0 Å². The van der Waals surface area contributed by atoms with Crippen LogP contribution in [0.25, 0.3) is 11.4 Å². The Bertz CT molecular complexity index is 640. The molecule has 0 amide bonds. The second-order valence-corrected chi connectivity index (χ2v) is 4.79. The molecule has 1 saturated heterocycles. The number of nitrogens with two attached hydrogens (primary N) is 1. The molecule has 1 fully saturated rings. The molecule has 104 valence electrons. The summed E-state index contributed by atoms with van der Waals surface area (Å²) in [5, 5.41) is 17.7. The largest absolute Gasteiger partial charge is 0.338 e. The van der Waals surface area contributed by atoms with Crippen molar-refractivity contribution in [1.29, 1.82) is 0 Å². The SMILES string of the molecule is NC1CCN(c2n[nH]c(-c3cccc([N+](=O)[O-])c3)n2)C1. The van der Waals surface area contributed by atoms with Gasteiger partial charge in [0.05, 0.1) is 4.92 Å². The third kappa shape index (κ3) is 2.32. The minimum atomic E-state index is -0.430. The third-order valence-electron chi connectivity index (χ3n) is 3.31. The van der Waals surface area contributed by atoms with E-state index in [1.54, 1.807) is 12.1 Å². The summed E-state index contributed by atoms with van der Waals surface area (Å²) >= 11 is 0. The summed E-state index contributed by atoms with van der Waals surface area (Å²) in [7, 11) is 0. The molecule has 0 saturated carbocycles. The third-order valence-corrected chi connectivity index (χ3v) is 3.31. The van der Waals surface area contributed by atoms with Crippen molar-refractivity contribution in [3.63, 3.8) is 0 Å². The molecule has 0 spiro atoms. The van der Waals surface area contributed by atoms with Crippen LogP contribution in [-0.4, -0.2) is 39.2 Å². The van der Waals surface area contributed by atoms with E-state index in [9.17, 15) is 10.1 Å². The highest BCUT2D eigenvalue weighted by Gasteiger charge is 2.22. The molecule has 1 aromatic carbocycles. The van der Waals surface area contributed by atoms with Gasteiger partial charge in [0.25, 0.3) is 5.69 Å². The highest BCUT2D eigenvalue weighted by Crippen LogP contribution is 2.23. The lowest BCUT2D eigenvalue weighted by atomic mass is 10.2. The Hall–Kier alpha value is -2.48. The highest BCUT2D eigenvalue weighted by atomic mass is 16.6. The highest BCUT2D eigenvalue weighted by molar-refractivity contribution is 5.60. The Labute approximate surface area is 114 Å². The second-order valence-electron chi connectivity index (χ2n) is 4.79. The molecule has 20 heavy (non-hydrogen) atoms. The number of nitrogens with zero attached hydrogens (tertiary/aromatic N) is 4. The number of benzene rings is 1. The zero-order valence-electron chi connectivity index (χ0n) is 10.7. The van der Waals surface area contributed by atoms with Gasteiger partial charge in [0.15, 0.2) is 5.82 Å². The van der Waals surface area contributed by atoms with E-state index in [4.69, 9.17) is 5.73 Å². The average molecular weight is 274 g/mol. The number of anilines is 1. The first kappa shape index (κ1) is 12.5. The first-order valence-electron chi connectivity index (χ1n) is 6.31. The van der Waals surface area contributed by atoms with Crippen LogP contribution in [0.3, 0.4) is 0 Å². The number of aromatic nitrogens is 3. The van der Waals surface area contributed by atoms with Gasteiger partial charge in [-0.15, -0.1) is 5.10 Å². The maximum absolute atomic E-state index is 10.8. The number of hydrogen-bond donors (Lipinski definition) is 2. The van der Waals surface area contributed by atoms with E-state index in [0.29, 0.717) is 17.3 Å². The standard InChI is InChI=1S/C12H14N6O2/c13-9-4-5-17(7-9)12-14-11(15-16-12)8-2-1-3-10(6-8)18(19)20/h1-3,6,9H,4-5,7,13H2,(H,14,15,16). The van der Waals surface area contributed by atoms with E-state index < -0.39 is 4.92 Å². The van der Waals surface area contributed by atoms with Crippen molar-refractivity contribution in [2.45, 2.75) is 12.5 Å². The van der Waals surface area contributed by atoms with Gasteiger partial charge in [-0.2, -0.15) is 4.98 Å². The van der Waals surface area contributed by atoms with Crippen LogP contribution in [-0.2, 0) is 0 Å². The summed E-state index contributed by atoms with van der Waals surface area (Å²) in [5.41, 5.74) is 6.52. The lowest BCUT2D eigenvalue weighted by molar-refractivity contribution is -0.384. The quantitative estimate of drug-likeness (QED) is 0.635. The van der Waals surface area contributed by atoms with Crippen LogP contribution >= 0.6 is 0 Å². The van der Waals surface area contributed by atoms with Gasteiger partial charge in [-0.25, -0.2) is 0 Å². The molecule has 1 unspecified atom stereocenters. The number of rotatable bonds is 3. The smallest absolute Gasteiger partial charge is 0.270 e. The van der Waals surface area contributed by atoms with E-state index in [-0.39, 0.29) is 11.7 Å². The van der Waals surface area contributed by atoms with Crippen LogP contribution in [0.2, 0.25) is 0 Å². The molecule has 1 aliphatic rings. The number of hydrogen-bond acceptors (Lipinski definition) is 6. The number of H-pyrrole nitrogens is 1. The monoisotopic (exact) mass is 274 g/mol. The van der Waals surface area contributed by atoms with E-state index in [1.165, 1.54) is 12.1 Å². The summed E-state index contributed by atoms with van der Waals surface area (Å²) < 4.78 is 0. The van der Waals surface area contributed by atoms with Gasteiger partial charge in [0.2, 0.25) is 5.95 Å². The van der Waals surface area contributed by atoms with Crippen molar-refractivity contribution in [2.24, 2.45) is 5.73 Å². The number of non-ortho nitro benzene ring substituents is 1. The molecule has 0 bridgehead atoms. The predicted molar refractivity (Wildman–Crippen MR) is 73.3 cm³/mol. The van der Waals surface area contributed by atoms with Gasteiger partial charge < -0.3 is 10.6 Å². The maximum Gasteiger partial charge on any atom is 0.270 e. The molecule has 0 aliphatic carbocycles. The zero-order valence-corrected chi connectivity index (χ0v) is 10.7. The Balaban J connectivity index is 1.86. The number of nitro groups is 1. The lowest BCUT2D eigenvalue weighted by Crippen LogP contribution is -2.26. The van der Waals surface area contributed by atoms with Crippen molar-refractivity contribution in [3.8, 4) is 11.4 Å². The Kier molecular flexibility index (Phi) is 3.07. The Morgan fingerprint density at radius 3 is 3.05 bits per heavy atom. The molecule has 8 heteroatoms. The molecule has 2 aromatic rings. The zero-order chi connectivity index (χ0) is 14.1. The van der Waals surface area contributed by atoms with Gasteiger partial charge in [-0.05, 0) is 6.42 Å². The molecule has 2 heterocycles. The van der Waals surface area contributed by atoms with Crippen LogP contribution in [0, 0.1) is 10.1 Å². The van der Waals surface area contributed by atoms with Gasteiger partial charge in [-0.3, -0.25) is 15.2 Å². The van der Waals surface area contributed by atoms with Gasteiger partial charge in [-0.1, -0.05) is 12.1 Å². The molecule has 3 rings (SSSR count). The predicted octanol–water partition coefficient (Wildman–Crippen LogP) is 0.917. The molecule has 1 aliphatic heterocycles. The van der Waals surface area contributed by atoms with Crippen molar-refractivity contribution >= 4 is 11.6 Å². The average Bonchev–Trinajstić information content (AvgIpc) is 3.07. The van der Waals surface area contributed by atoms with Crippen LogP contribution in [0.1, 0.15) is 6.42 Å². The van der Waals surface area contributed by atoms with E-state index in [2.05, 4.69) is 15.2 Å². The van der Waals surface area contributed by atoms with Gasteiger partial charge in [0, 0.05) is 36.8 Å². The summed E-state index contributed by atoms with van der Waals surface area (Å²) in [6, 6.07) is 6.45. The second kappa shape index (κ2) is 4.89. The minimum Gasteiger partial charge on any atom is -0.338 e. The number of nitrogens with one attached hydrogen (secondary N) is 1. The molecule has 3 N–H and O–H groups in total. The molecular formula is C12H14N6O2. The summed E-state index contributed by atoms with van der Waals surface area (Å²) in [4.78, 5) is 16.7. The lowest BCUT2D eigenvalue weighted by Gasteiger charge is -2.11. The van der Waals surface area contributed by atoms with Crippen LogP contribution in [0.4, 0.5) is 11.6 Å². The van der Waals surface area contributed by atoms with E-state index in [0.717, 1.165) is 19.5 Å². The van der Waals surface area contributed by atoms with Crippen LogP contribution < -0.4 is 10.6 Å². The fourth-order valence-corrected chi connectivity index (χ4v) is 2.26. The van der Waals surface area contributed by atoms with Gasteiger partial charge >= 0.3 is 0 Å². The molecule has 8 nitrogen and oxygen atoms in total. The van der Waals surface area contributed by atoms with Crippen molar-refractivity contribution in [3.05, 3.63) is 34.4 Å². The fraction of sp³-hybridized carbons (Fsp3) is 0.333. The molecule has 1 atom stereocenters. The Morgan fingerprint density at radius 1 is 1.50 bits per heavy atom. The topological polar surface area (TPSA) is 114 Å². The first-order chi connectivity index (χ1) is 9.63. The summed E-state index contributed by atoms with van der Waals surface area (Å²) in [5.74, 6) is 1.10. The first-order valence-corrected chi connectivity index (χ1v) is 6.31. The molecule has 1 aromatic heterocycles. The van der Waals surface area contributed by atoms with Crippen LogP contribution in [0.15, 0.2) is 24.3 Å². The van der Waals surface area contributed by atoms with Crippen molar-refractivity contribution in [1.82, 2.24) is 15.2 Å². The summed E-state index contributed by atoms with van der Waals surface area (Å²) in [6.07, 6.45) is 0.917. The van der Waals surface area contributed by atoms with Crippen molar-refractivity contribution in [2.75, 3.05) is 18.0 Å². The molecule has 0 radical (unpaired) electrons. The maximum atomic E-state index is 10.8. The van der Waals surface area contributed by atoms with E-state index in [1.807, 2.05) is 4.90 Å². The fourth-order valence-electron chi connectivity index (χ4n) is 2.26. The summed E-state index contributed by atoms with van der Waals surface area (Å²) in [6.45, 7) is 1.56. The number of aromatic amines is 1. The minimum absolute atomic E-state index is 0.0312. The normalized spacial score (nSPS) is 18.4. The van der Waals surface area contributed by atoms with E-state index >= 15 is 0 Å².